The van der Waals surface area contributed by atoms with E-state index in [-0.39, 0.29) is 5.91 Å². The zero-order valence-electron chi connectivity index (χ0n) is 10.4. The molecule has 8 heteroatoms. The van der Waals surface area contributed by atoms with Crippen molar-refractivity contribution in [2.75, 3.05) is 19.3 Å². The lowest BCUT2D eigenvalue weighted by molar-refractivity contribution is -0.120. The van der Waals surface area contributed by atoms with Gasteiger partial charge in [-0.3, -0.25) is 4.79 Å². The molecule has 1 aliphatic rings. The fourth-order valence-electron chi connectivity index (χ4n) is 1.46. The van der Waals surface area contributed by atoms with Crippen LogP contribution in [0.25, 0.3) is 0 Å². The number of amides is 1. The molecule has 1 aromatic heterocycles. The van der Waals surface area contributed by atoms with Crippen molar-refractivity contribution < 1.29 is 4.79 Å². The van der Waals surface area contributed by atoms with E-state index < -0.39 is 0 Å². The van der Waals surface area contributed by atoms with E-state index in [4.69, 9.17) is 0 Å². The van der Waals surface area contributed by atoms with Crippen molar-refractivity contribution in [3.05, 3.63) is 0 Å². The minimum absolute atomic E-state index is 0.0388. The number of thioether (sulfide) groups is 1. The maximum Gasteiger partial charge on any atom is 0.220 e. The topological polar surface area (TPSA) is 84.7 Å². The minimum Gasteiger partial charge on any atom is -0.359 e. The van der Waals surface area contributed by atoms with E-state index in [0.717, 1.165) is 18.2 Å². The number of carbonyl (C=O) groups excluding carboxylic acids is 1. The average Bonchev–Trinajstić information content (AvgIpc) is 3.09. The van der Waals surface area contributed by atoms with Crippen molar-refractivity contribution in [1.82, 2.24) is 30.8 Å². The van der Waals surface area contributed by atoms with Crippen molar-refractivity contribution in [2.45, 2.75) is 37.0 Å². The van der Waals surface area contributed by atoms with Gasteiger partial charge in [0.1, 0.15) is 0 Å². The smallest absolute Gasteiger partial charge is 0.220 e. The summed E-state index contributed by atoms with van der Waals surface area (Å²) in [6, 6.07) is 0.700. The van der Waals surface area contributed by atoms with Crippen molar-refractivity contribution in [3.8, 4) is 0 Å². The fourth-order valence-corrected chi connectivity index (χ4v) is 2.30. The summed E-state index contributed by atoms with van der Waals surface area (Å²) in [5.41, 5.74) is 0. The highest BCUT2D eigenvalue weighted by Gasteiger charge is 2.20. The van der Waals surface area contributed by atoms with Gasteiger partial charge < -0.3 is 10.6 Å². The Morgan fingerprint density at radius 3 is 3.11 bits per heavy atom. The fraction of sp³-hybridized carbons (Fsp3) is 0.800. The molecule has 0 saturated heterocycles. The highest BCUT2D eigenvalue weighted by molar-refractivity contribution is 7.99. The first-order chi connectivity index (χ1) is 8.79. The van der Waals surface area contributed by atoms with E-state index in [1.165, 1.54) is 24.6 Å². The van der Waals surface area contributed by atoms with E-state index in [9.17, 15) is 4.79 Å². The van der Waals surface area contributed by atoms with Crippen LogP contribution in [0.15, 0.2) is 5.16 Å². The molecule has 0 unspecified atom stereocenters. The molecule has 0 bridgehead atoms. The normalized spacial score (nSPS) is 14.7. The van der Waals surface area contributed by atoms with Crippen molar-refractivity contribution in [1.29, 1.82) is 0 Å². The minimum atomic E-state index is 0.0388. The van der Waals surface area contributed by atoms with Gasteiger partial charge in [0.15, 0.2) is 0 Å². The summed E-state index contributed by atoms with van der Waals surface area (Å²) < 4.78 is 1.78. The predicted octanol–water partition coefficient (Wildman–Crippen LogP) is -0.347. The van der Waals surface area contributed by atoms with Gasteiger partial charge in [0.05, 0.1) is 6.54 Å². The van der Waals surface area contributed by atoms with Gasteiger partial charge in [-0.05, 0) is 23.3 Å². The largest absolute Gasteiger partial charge is 0.359 e. The maximum atomic E-state index is 11.1. The summed E-state index contributed by atoms with van der Waals surface area (Å²) in [6.07, 6.45) is 3.04. The molecule has 0 radical (unpaired) electrons. The first-order valence-corrected chi connectivity index (χ1v) is 7.11. The van der Waals surface area contributed by atoms with Gasteiger partial charge in [0.2, 0.25) is 11.1 Å². The molecule has 1 fully saturated rings. The number of tetrazole rings is 1. The Labute approximate surface area is 110 Å². The first kappa shape index (κ1) is 13.3. The number of nitrogens with zero attached hydrogens (tertiary/aromatic N) is 4. The molecule has 100 valence electrons. The Kier molecular flexibility index (Phi) is 4.94. The predicted molar refractivity (Wildman–Crippen MR) is 68.2 cm³/mol. The van der Waals surface area contributed by atoms with Gasteiger partial charge in [-0.25, -0.2) is 4.68 Å². The Hall–Kier alpha value is -1.15. The molecule has 18 heavy (non-hydrogen) atoms. The molecular formula is C10H18N6OS. The molecule has 1 amide bonds. The van der Waals surface area contributed by atoms with Crippen molar-refractivity contribution in [2.24, 2.45) is 0 Å². The van der Waals surface area contributed by atoms with Gasteiger partial charge in [-0.1, -0.05) is 11.8 Å². The highest BCUT2D eigenvalue weighted by Crippen LogP contribution is 2.18. The molecule has 0 atom stereocenters. The number of carbonyl (C=O) groups is 1. The molecule has 7 nitrogen and oxygen atoms in total. The standard InChI is InChI=1S/C10H18N6OS/c1-11-9(17)4-7-18-10-13-14-15-16(10)6-5-12-8-2-3-8/h8,12H,2-7H2,1H3,(H,11,17). The third-order valence-electron chi connectivity index (χ3n) is 2.67. The van der Waals surface area contributed by atoms with Gasteiger partial charge >= 0.3 is 0 Å². The van der Waals surface area contributed by atoms with Crippen LogP contribution in [0, 0.1) is 0 Å². The second-order valence-corrected chi connectivity index (χ2v) is 5.25. The van der Waals surface area contributed by atoms with Crippen LogP contribution in [0.5, 0.6) is 0 Å². The van der Waals surface area contributed by atoms with Gasteiger partial charge in [-0.15, -0.1) is 5.10 Å². The Morgan fingerprint density at radius 1 is 1.56 bits per heavy atom. The lowest BCUT2D eigenvalue weighted by Crippen LogP contribution is -2.22. The lowest BCUT2D eigenvalue weighted by atomic mass is 10.5. The number of nitrogens with one attached hydrogen (secondary N) is 2. The van der Waals surface area contributed by atoms with Crippen LogP contribution in [0.1, 0.15) is 19.3 Å². The molecule has 0 aromatic carbocycles. The molecule has 2 N–H and O–H groups in total. The number of hydrogen-bond acceptors (Lipinski definition) is 6. The SMILES string of the molecule is CNC(=O)CCSc1nnnn1CCNC1CC1. The van der Waals surface area contributed by atoms with E-state index in [0.29, 0.717) is 18.2 Å². The molecule has 1 aliphatic carbocycles. The monoisotopic (exact) mass is 270 g/mol. The van der Waals surface area contributed by atoms with Crippen LogP contribution in [0.2, 0.25) is 0 Å². The summed E-state index contributed by atoms with van der Waals surface area (Å²) in [4.78, 5) is 11.1. The molecule has 1 aromatic rings. The summed E-state index contributed by atoms with van der Waals surface area (Å²) in [6.45, 7) is 1.66. The van der Waals surface area contributed by atoms with E-state index in [2.05, 4.69) is 26.2 Å². The van der Waals surface area contributed by atoms with E-state index in [1.54, 1.807) is 11.7 Å². The van der Waals surface area contributed by atoms with Crippen LogP contribution in [-0.4, -0.2) is 51.5 Å². The zero-order chi connectivity index (χ0) is 12.8. The summed E-state index contributed by atoms with van der Waals surface area (Å²) in [7, 11) is 1.64. The van der Waals surface area contributed by atoms with Crippen molar-refractivity contribution in [3.63, 3.8) is 0 Å². The second-order valence-electron chi connectivity index (χ2n) is 4.18. The third kappa shape index (κ3) is 4.26. The number of hydrogen-bond donors (Lipinski definition) is 2. The quantitative estimate of drug-likeness (QED) is 0.628. The summed E-state index contributed by atoms with van der Waals surface area (Å²) in [5, 5.41) is 18.4. The summed E-state index contributed by atoms with van der Waals surface area (Å²) in [5.74, 6) is 0.729. The maximum absolute atomic E-state index is 11.1. The van der Waals surface area contributed by atoms with Crippen molar-refractivity contribution >= 4 is 17.7 Å². The Morgan fingerprint density at radius 2 is 2.39 bits per heavy atom. The van der Waals surface area contributed by atoms with Crippen LogP contribution in [-0.2, 0) is 11.3 Å². The first-order valence-electron chi connectivity index (χ1n) is 6.12. The average molecular weight is 270 g/mol. The molecule has 0 aliphatic heterocycles. The molecule has 0 spiro atoms. The Balaban J connectivity index is 1.70. The molecular weight excluding hydrogens is 252 g/mol. The third-order valence-corrected chi connectivity index (χ3v) is 3.63. The lowest BCUT2D eigenvalue weighted by Gasteiger charge is -2.05. The Bertz CT molecular complexity index is 391. The second kappa shape index (κ2) is 6.69. The van der Waals surface area contributed by atoms with Crippen LogP contribution in [0.4, 0.5) is 0 Å². The van der Waals surface area contributed by atoms with Gasteiger partial charge in [0.25, 0.3) is 0 Å². The van der Waals surface area contributed by atoms with Gasteiger partial charge in [-0.2, -0.15) is 0 Å². The van der Waals surface area contributed by atoms with E-state index >= 15 is 0 Å². The molecule has 2 rings (SSSR count). The van der Waals surface area contributed by atoms with E-state index in [1.807, 2.05) is 0 Å². The number of aromatic nitrogens is 4. The van der Waals surface area contributed by atoms with Gasteiger partial charge in [0, 0.05) is 31.8 Å². The molecule has 1 saturated carbocycles. The molecule has 1 heterocycles. The summed E-state index contributed by atoms with van der Waals surface area (Å²) >= 11 is 1.51. The zero-order valence-corrected chi connectivity index (χ0v) is 11.2. The van der Waals surface area contributed by atoms with Crippen LogP contribution < -0.4 is 10.6 Å². The number of rotatable bonds is 8. The highest BCUT2D eigenvalue weighted by atomic mass is 32.2. The van der Waals surface area contributed by atoms with Crippen LogP contribution in [0.3, 0.4) is 0 Å². The van der Waals surface area contributed by atoms with Crippen LogP contribution >= 0.6 is 11.8 Å².